The average molecular weight is 246 g/mol. The van der Waals surface area contributed by atoms with Crippen LogP contribution in [0.5, 0.6) is 0 Å². The molecule has 0 atom stereocenters. The van der Waals surface area contributed by atoms with Crippen LogP contribution in [0.1, 0.15) is 22.9 Å². The van der Waals surface area contributed by atoms with E-state index in [1.807, 2.05) is 6.92 Å². The maximum Gasteiger partial charge on any atom is 0.0151 e. The number of thiol groups is 1. The summed E-state index contributed by atoms with van der Waals surface area (Å²) < 4.78 is 0. The van der Waals surface area contributed by atoms with Crippen molar-refractivity contribution < 1.29 is 0 Å². The highest BCUT2D eigenvalue weighted by Gasteiger charge is 2.06. The fourth-order valence-corrected chi connectivity index (χ4v) is 2.83. The fourth-order valence-electron chi connectivity index (χ4n) is 1.68. The molecule has 82 valence electrons. The number of hydrogen-bond donors (Lipinski definition) is 1. The van der Waals surface area contributed by atoms with Crippen molar-refractivity contribution in [2.45, 2.75) is 18.2 Å². The van der Waals surface area contributed by atoms with Crippen LogP contribution < -0.4 is 0 Å². The summed E-state index contributed by atoms with van der Waals surface area (Å²) in [5.74, 6) is 0. The van der Waals surface area contributed by atoms with Crippen LogP contribution in [-0.4, -0.2) is 0 Å². The summed E-state index contributed by atoms with van der Waals surface area (Å²) in [7, 11) is 0. The third-order valence-corrected chi connectivity index (χ3v) is 3.93. The van der Waals surface area contributed by atoms with Gasteiger partial charge in [-0.25, -0.2) is 0 Å². The lowest BCUT2D eigenvalue weighted by atomic mass is 10.0. The molecule has 2 rings (SSSR count). The Morgan fingerprint density at radius 3 is 2.75 bits per heavy atom. The normalized spacial score (nSPS) is 10.4. The van der Waals surface area contributed by atoms with Gasteiger partial charge in [0, 0.05) is 16.2 Å². The van der Waals surface area contributed by atoms with Crippen LogP contribution >= 0.6 is 24.0 Å². The van der Waals surface area contributed by atoms with Gasteiger partial charge in [-0.15, -0.1) is 24.0 Å². The van der Waals surface area contributed by atoms with Crippen molar-refractivity contribution in [1.29, 1.82) is 0 Å². The molecule has 0 aliphatic rings. The van der Waals surface area contributed by atoms with Crippen molar-refractivity contribution in [2.75, 3.05) is 0 Å². The lowest BCUT2D eigenvalue weighted by molar-refractivity contribution is 1.15. The molecule has 0 bridgehead atoms. The van der Waals surface area contributed by atoms with E-state index in [1.54, 1.807) is 11.3 Å². The molecule has 0 saturated carbocycles. The molecule has 16 heavy (non-hydrogen) atoms. The molecule has 0 saturated heterocycles. The van der Waals surface area contributed by atoms with Crippen LogP contribution in [0.3, 0.4) is 0 Å². The van der Waals surface area contributed by atoms with Crippen molar-refractivity contribution in [3.8, 4) is 0 Å². The van der Waals surface area contributed by atoms with Crippen molar-refractivity contribution >= 4 is 29.5 Å². The third-order valence-electron chi connectivity index (χ3n) is 2.52. The highest BCUT2D eigenvalue weighted by molar-refractivity contribution is 7.80. The molecule has 1 aromatic carbocycles. The Kier molecular flexibility index (Phi) is 3.52. The number of hydrogen-bond acceptors (Lipinski definition) is 2. The lowest BCUT2D eigenvalue weighted by Crippen LogP contribution is -1.91. The van der Waals surface area contributed by atoms with Gasteiger partial charge in [-0.05, 0) is 35.1 Å². The quantitative estimate of drug-likeness (QED) is 0.748. The summed E-state index contributed by atoms with van der Waals surface area (Å²) in [6.45, 7) is 6.00. The van der Waals surface area contributed by atoms with E-state index in [4.69, 9.17) is 0 Å². The van der Waals surface area contributed by atoms with Crippen LogP contribution in [0.15, 0.2) is 47.2 Å². The molecule has 1 aromatic heterocycles. The molecule has 2 heteroatoms. The first-order valence-electron chi connectivity index (χ1n) is 5.17. The summed E-state index contributed by atoms with van der Waals surface area (Å²) in [4.78, 5) is 2.43. The van der Waals surface area contributed by atoms with Gasteiger partial charge in [0.05, 0.1) is 0 Å². The van der Waals surface area contributed by atoms with Crippen LogP contribution in [0.2, 0.25) is 0 Å². The van der Waals surface area contributed by atoms with E-state index in [0.29, 0.717) is 0 Å². The molecule has 1 heterocycles. The Bertz CT molecular complexity index is 495. The monoisotopic (exact) mass is 246 g/mol. The van der Waals surface area contributed by atoms with Gasteiger partial charge in [0.1, 0.15) is 0 Å². The van der Waals surface area contributed by atoms with Gasteiger partial charge >= 0.3 is 0 Å². The summed E-state index contributed by atoms with van der Waals surface area (Å²) in [6, 6.07) is 10.5. The maximum absolute atomic E-state index is 4.61. The van der Waals surface area contributed by atoms with Gasteiger partial charge in [0.15, 0.2) is 0 Å². The van der Waals surface area contributed by atoms with E-state index in [0.717, 1.165) is 22.5 Å². The molecule has 0 spiro atoms. The molecule has 0 unspecified atom stereocenters. The first kappa shape index (κ1) is 11.5. The largest absolute Gasteiger partial charge is 0.149 e. The number of rotatable bonds is 3. The Hall–Kier alpha value is -0.990. The third kappa shape index (κ3) is 2.39. The van der Waals surface area contributed by atoms with E-state index in [1.165, 1.54) is 10.4 Å². The second kappa shape index (κ2) is 4.89. The zero-order chi connectivity index (χ0) is 11.5. The number of allylic oxidation sites excluding steroid dienone is 1. The Morgan fingerprint density at radius 1 is 1.31 bits per heavy atom. The number of benzene rings is 1. The predicted octanol–water partition coefficient (Wildman–Crippen LogP) is 4.66. The first-order valence-corrected chi connectivity index (χ1v) is 6.50. The SMILES string of the molecule is C=C(C)c1cccc(Cc2cccs2)c1S. The molecule has 0 N–H and O–H groups in total. The van der Waals surface area contributed by atoms with E-state index in [-0.39, 0.29) is 0 Å². The second-order valence-electron chi connectivity index (χ2n) is 3.85. The Morgan fingerprint density at radius 2 is 2.12 bits per heavy atom. The molecule has 0 aliphatic heterocycles. The van der Waals surface area contributed by atoms with Crippen LogP contribution in [-0.2, 0) is 6.42 Å². The topological polar surface area (TPSA) is 0 Å². The van der Waals surface area contributed by atoms with Crippen molar-refractivity contribution in [3.63, 3.8) is 0 Å². The summed E-state index contributed by atoms with van der Waals surface area (Å²) >= 11 is 6.39. The van der Waals surface area contributed by atoms with Gasteiger partial charge in [-0.1, -0.05) is 30.8 Å². The summed E-state index contributed by atoms with van der Waals surface area (Å²) in [5, 5.41) is 2.11. The van der Waals surface area contributed by atoms with Crippen LogP contribution in [0, 0.1) is 0 Å². The zero-order valence-electron chi connectivity index (χ0n) is 9.23. The highest BCUT2D eigenvalue weighted by Crippen LogP contribution is 2.27. The summed E-state index contributed by atoms with van der Waals surface area (Å²) in [5.41, 5.74) is 3.49. The van der Waals surface area contributed by atoms with Gasteiger partial charge in [-0.2, -0.15) is 0 Å². The van der Waals surface area contributed by atoms with Crippen molar-refractivity contribution in [1.82, 2.24) is 0 Å². The van der Waals surface area contributed by atoms with Gasteiger partial charge in [0.2, 0.25) is 0 Å². The molecule has 2 aromatic rings. The standard InChI is InChI=1S/C14H14S2/c1-10(2)13-7-3-5-11(14(13)15)9-12-6-4-8-16-12/h3-8,15H,1,9H2,2H3. The minimum Gasteiger partial charge on any atom is -0.149 e. The van der Waals surface area contributed by atoms with Crippen molar-refractivity contribution in [3.05, 3.63) is 58.3 Å². The summed E-state index contributed by atoms with van der Waals surface area (Å²) in [6.07, 6.45) is 0.956. The van der Waals surface area contributed by atoms with E-state index < -0.39 is 0 Å². The second-order valence-corrected chi connectivity index (χ2v) is 5.33. The zero-order valence-corrected chi connectivity index (χ0v) is 10.9. The average Bonchev–Trinajstić information content (AvgIpc) is 2.73. The van der Waals surface area contributed by atoms with Gasteiger partial charge in [-0.3, -0.25) is 0 Å². The van der Waals surface area contributed by atoms with E-state index in [9.17, 15) is 0 Å². The molecule has 0 nitrogen and oxygen atoms in total. The van der Waals surface area contributed by atoms with Gasteiger partial charge in [0.25, 0.3) is 0 Å². The van der Waals surface area contributed by atoms with Crippen molar-refractivity contribution in [2.24, 2.45) is 0 Å². The van der Waals surface area contributed by atoms with Crippen LogP contribution in [0.4, 0.5) is 0 Å². The smallest absolute Gasteiger partial charge is 0.0151 e. The minimum atomic E-state index is 0.956. The Balaban J connectivity index is 2.35. The first-order chi connectivity index (χ1) is 7.68. The minimum absolute atomic E-state index is 0.956. The van der Waals surface area contributed by atoms with Crippen LogP contribution in [0.25, 0.3) is 5.57 Å². The molecule has 0 amide bonds. The molecule has 0 fully saturated rings. The van der Waals surface area contributed by atoms with Gasteiger partial charge < -0.3 is 0 Å². The maximum atomic E-state index is 4.61. The van der Waals surface area contributed by atoms with E-state index in [2.05, 4.69) is 54.9 Å². The molecule has 0 radical (unpaired) electrons. The molecular weight excluding hydrogens is 232 g/mol. The predicted molar refractivity (Wildman–Crippen MR) is 75.5 cm³/mol. The number of thiophene rings is 1. The fraction of sp³-hybridized carbons (Fsp3) is 0.143. The van der Waals surface area contributed by atoms with E-state index >= 15 is 0 Å². The molecular formula is C14H14S2. The molecule has 0 aliphatic carbocycles. The lowest BCUT2D eigenvalue weighted by Gasteiger charge is -2.09. The highest BCUT2D eigenvalue weighted by atomic mass is 32.1. The Labute approximate surface area is 106 Å².